The van der Waals surface area contributed by atoms with Crippen LogP contribution in [0.25, 0.3) is 84.0 Å². The van der Waals surface area contributed by atoms with Crippen LogP contribution in [0, 0.1) is 0 Å². The molecule has 3 aliphatic rings. The number of hydrogen-bond acceptors (Lipinski definition) is 0. The topological polar surface area (TPSA) is 14.8 Å². The largest absolute Gasteiger partial charge is 0.310 e. The van der Waals surface area contributed by atoms with Crippen molar-refractivity contribution in [1.82, 2.24) is 13.7 Å². The van der Waals surface area contributed by atoms with Gasteiger partial charge in [-0.15, -0.1) is 0 Å². The van der Waals surface area contributed by atoms with Crippen LogP contribution in [-0.4, -0.2) is 13.7 Å². The number of allylic oxidation sites excluding steroid dienone is 4. The maximum Gasteiger partial charge on any atom is 0.0542 e. The van der Waals surface area contributed by atoms with Gasteiger partial charge in [0.2, 0.25) is 0 Å². The molecule has 2 atom stereocenters. The van der Waals surface area contributed by atoms with Crippen molar-refractivity contribution in [2.45, 2.75) is 24.7 Å². The molecule has 0 saturated carbocycles. The normalized spacial score (nSPS) is 16.8. The lowest BCUT2D eigenvalue weighted by Crippen LogP contribution is -2.28. The van der Waals surface area contributed by atoms with Crippen LogP contribution < -0.4 is 10.7 Å². The van der Waals surface area contributed by atoms with Gasteiger partial charge < -0.3 is 13.7 Å². The van der Waals surface area contributed by atoms with E-state index in [1.165, 1.54) is 105 Å². The van der Waals surface area contributed by atoms with Gasteiger partial charge in [-0.25, -0.2) is 0 Å². The lowest BCUT2D eigenvalue weighted by molar-refractivity contribution is 0.732. The fraction of sp³-hybridized carbons (Fsp3) is 0.0714. The molecule has 0 saturated heterocycles. The molecule has 3 aromatic heterocycles. The Morgan fingerprint density at radius 1 is 0.407 bits per heavy atom. The third-order valence-corrected chi connectivity index (χ3v) is 13.2. The summed E-state index contributed by atoms with van der Waals surface area (Å²) in [5.41, 5.74) is 16.7. The first-order chi connectivity index (χ1) is 29.3. The van der Waals surface area contributed by atoms with E-state index >= 15 is 0 Å². The first-order valence-electron chi connectivity index (χ1n) is 20.9. The summed E-state index contributed by atoms with van der Waals surface area (Å²) < 4.78 is 7.42. The monoisotopic (exact) mass is 753 g/mol. The Kier molecular flexibility index (Phi) is 6.97. The summed E-state index contributed by atoms with van der Waals surface area (Å²) >= 11 is 0. The van der Waals surface area contributed by atoms with Crippen LogP contribution in [0.3, 0.4) is 0 Å². The number of fused-ring (bicyclic) bond motifs is 6. The molecule has 3 nitrogen and oxygen atoms in total. The second-order valence-corrected chi connectivity index (χ2v) is 16.4. The molecule has 0 bridgehead atoms. The van der Waals surface area contributed by atoms with Crippen molar-refractivity contribution in [2.24, 2.45) is 0 Å². The maximum atomic E-state index is 2.61. The molecule has 59 heavy (non-hydrogen) atoms. The summed E-state index contributed by atoms with van der Waals surface area (Å²) in [5.74, 6) is 0.463. The molecule has 278 valence electrons. The number of rotatable bonds is 5. The molecule has 0 N–H and O–H groups in total. The molecule has 3 heterocycles. The van der Waals surface area contributed by atoms with E-state index in [0.717, 1.165) is 12.8 Å². The van der Waals surface area contributed by atoms with Crippen LogP contribution in [0.1, 0.15) is 46.9 Å². The van der Waals surface area contributed by atoms with Gasteiger partial charge in [0.1, 0.15) is 0 Å². The van der Waals surface area contributed by atoms with Crippen molar-refractivity contribution in [3.05, 3.63) is 221 Å². The molecule has 10 aromatic rings. The van der Waals surface area contributed by atoms with E-state index in [1.54, 1.807) is 0 Å². The van der Waals surface area contributed by atoms with E-state index in [1.807, 2.05) is 0 Å². The van der Waals surface area contributed by atoms with Crippen LogP contribution in [0.15, 0.2) is 188 Å². The second kappa shape index (κ2) is 12.6. The summed E-state index contributed by atoms with van der Waals surface area (Å²) in [6.45, 7) is 0. The molecule has 7 aromatic carbocycles. The van der Waals surface area contributed by atoms with Crippen molar-refractivity contribution in [3.63, 3.8) is 0 Å². The van der Waals surface area contributed by atoms with E-state index < -0.39 is 0 Å². The zero-order chi connectivity index (χ0) is 38.6. The molecule has 0 radical (unpaired) electrons. The van der Waals surface area contributed by atoms with Crippen molar-refractivity contribution >= 4 is 66.9 Å². The van der Waals surface area contributed by atoms with Gasteiger partial charge in [-0.1, -0.05) is 127 Å². The third kappa shape index (κ3) is 4.76. The van der Waals surface area contributed by atoms with Crippen molar-refractivity contribution in [3.8, 4) is 17.1 Å². The van der Waals surface area contributed by atoms with Crippen molar-refractivity contribution in [2.75, 3.05) is 0 Å². The van der Waals surface area contributed by atoms with Gasteiger partial charge in [0, 0.05) is 61.4 Å². The van der Waals surface area contributed by atoms with E-state index in [2.05, 4.69) is 214 Å². The van der Waals surface area contributed by atoms with Crippen LogP contribution in [0.2, 0.25) is 0 Å². The lowest BCUT2D eigenvalue weighted by Gasteiger charge is -2.29. The highest BCUT2D eigenvalue weighted by Gasteiger charge is 2.34. The highest BCUT2D eigenvalue weighted by molar-refractivity contribution is 6.14. The molecule has 13 rings (SSSR count). The maximum absolute atomic E-state index is 2.61. The van der Waals surface area contributed by atoms with Crippen molar-refractivity contribution in [1.29, 1.82) is 0 Å². The van der Waals surface area contributed by atoms with Gasteiger partial charge in [-0.2, -0.15) is 0 Å². The van der Waals surface area contributed by atoms with Gasteiger partial charge in [-0.3, -0.25) is 0 Å². The molecule has 0 amide bonds. The smallest absolute Gasteiger partial charge is 0.0542 e. The number of aromatic nitrogens is 3. The Morgan fingerprint density at radius 2 is 0.983 bits per heavy atom. The molecular formula is C56H39N3. The van der Waals surface area contributed by atoms with Gasteiger partial charge in [-0.05, 0) is 113 Å². The molecule has 0 spiro atoms. The highest BCUT2D eigenvalue weighted by Crippen LogP contribution is 2.47. The number of hydrogen-bond donors (Lipinski definition) is 0. The Balaban J connectivity index is 1.05. The second-order valence-electron chi connectivity index (χ2n) is 16.4. The first kappa shape index (κ1) is 32.7. The van der Waals surface area contributed by atoms with E-state index in [-0.39, 0.29) is 5.92 Å². The third-order valence-electron chi connectivity index (χ3n) is 13.2. The highest BCUT2D eigenvalue weighted by atomic mass is 15.0. The molecule has 0 fully saturated rings. The Hall–Kier alpha value is -7.36. The van der Waals surface area contributed by atoms with E-state index in [0.29, 0.717) is 5.92 Å². The lowest BCUT2D eigenvalue weighted by atomic mass is 9.74. The van der Waals surface area contributed by atoms with E-state index in [9.17, 15) is 0 Å². The van der Waals surface area contributed by atoms with Crippen molar-refractivity contribution < 1.29 is 0 Å². The Bertz CT molecular complexity index is 3540. The summed E-state index contributed by atoms with van der Waals surface area (Å²) in [6.07, 6.45) is 12.4. The first-order valence-corrected chi connectivity index (χ1v) is 20.9. The number of benzene rings is 7. The van der Waals surface area contributed by atoms with Gasteiger partial charge in [0.15, 0.2) is 0 Å². The number of para-hydroxylation sites is 4. The average Bonchev–Trinajstić information content (AvgIpc) is 3.94. The fourth-order valence-corrected chi connectivity index (χ4v) is 10.7. The summed E-state index contributed by atoms with van der Waals surface area (Å²) in [7, 11) is 0. The summed E-state index contributed by atoms with van der Waals surface area (Å²) in [5, 5.41) is 7.77. The van der Waals surface area contributed by atoms with Crippen LogP contribution in [0.5, 0.6) is 0 Å². The zero-order valence-corrected chi connectivity index (χ0v) is 32.5. The van der Waals surface area contributed by atoms with Crippen LogP contribution in [0.4, 0.5) is 0 Å². The van der Waals surface area contributed by atoms with Gasteiger partial charge >= 0.3 is 0 Å². The number of nitrogens with zero attached hydrogens (tertiary/aromatic N) is 3. The quantitative estimate of drug-likeness (QED) is 0.166. The average molecular weight is 754 g/mol. The van der Waals surface area contributed by atoms with Gasteiger partial charge in [0.25, 0.3) is 0 Å². The molecular weight excluding hydrogens is 715 g/mol. The van der Waals surface area contributed by atoms with E-state index in [4.69, 9.17) is 0 Å². The predicted octanol–water partition coefficient (Wildman–Crippen LogP) is 12.4. The molecule has 3 aliphatic carbocycles. The minimum Gasteiger partial charge on any atom is -0.310 e. The predicted molar refractivity (Wildman–Crippen MR) is 246 cm³/mol. The minimum absolute atomic E-state index is 0.126. The Morgan fingerprint density at radius 3 is 1.66 bits per heavy atom. The molecule has 3 heteroatoms. The Labute approximate surface area is 342 Å². The minimum atomic E-state index is 0.126. The molecule has 0 aliphatic heterocycles. The van der Waals surface area contributed by atoms with Crippen LogP contribution in [-0.2, 0) is 0 Å². The van der Waals surface area contributed by atoms with Gasteiger partial charge in [0.05, 0.1) is 27.4 Å². The summed E-state index contributed by atoms with van der Waals surface area (Å²) in [4.78, 5) is 0. The standard InChI is InChI=1S/C56H39N3/c1-4-15-36(16-5-1)39-33-48-45(37-27-29-51-46(31-37)43-22-10-12-24-49(43)57(51)40-18-6-2-7-19-40)32-38-17-14-26-53-55(38)56(48)54(34-39)59(53)42-28-30-52-47(35-42)44-23-11-13-25-50(44)58(52)41-20-8-3-9-21-41/h1-13,15-16,18-35,38-39H,14,17H2. The summed E-state index contributed by atoms with van der Waals surface area (Å²) in [6, 6.07) is 64.6. The zero-order valence-electron chi connectivity index (χ0n) is 32.5. The SMILES string of the molecule is C1=C(c2ccc3c(c2)c2ccccc2n3-c2ccccc2)C2=CC(c3ccccc3)C=c3c2c2c(n3-c3ccc4c(c3)c3ccccc3n4-c3ccccc3)=CCCC12. The fourth-order valence-electron chi connectivity index (χ4n) is 10.7. The molecule has 2 unspecified atom stereocenters. The van der Waals surface area contributed by atoms with Crippen LogP contribution >= 0.6 is 0 Å².